The fourth-order valence-corrected chi connectivity index (χ4v) is 5.78. The van der Waals surface area contributed by atoms with Gasteiger partial charge >= 0.3 is 0 Å². The van der Waals surface area contributed by atoms with Crippen LogP contribution >= 0.6 is 35.7 Å². The summed E-state index contributed by atoms with van der Waals surface area (Å²) in [5.41, 5.74) is 0.361. The van der Waals surface area contributed by atoms with Gasteiger partial charge in [-0.1, -0.05) is 12.8 Å². The van der Waals surface area contributed by atoms with E-state index in [1.165, 1.54) is 76.2 Å². The molecule has 3 aliphatic rings. The molecule has 0 atom stereocenters. The van der Waals surface area contributed by atoms with Gasteiger partial charge in [-0.2, -0.15) is 11.8 Å². The lowest BCUT2D eigenvalue weighted by Gasteiger charge is -2.44. The Morgan fingerprint density at radius 1 is 1.11 bits per heavy atom. The van der Waals surface area contributed by atoms with Gasteiger partial charge in [0, 0.05) is 68.9 Å². The Bertz CT molecular complexity index is 453. The van der Waals surface area contributed by atoms with E-state index in [9.17, 15) is 0 Å². The summed E-state index contributed by atoms with van der Waals surface area (Å²) >= 11 is 2.11. The minimum atomic E-state index is 0. The Kier molecular flexibility index (Phi) is 9.99. The van der Waals surface area contributed by atoms with E-state index in [4.69, 9.17) is 0 Å². The van der Waals surface area contributed by atoms with Crippen molar-refractivity contribution in [1.29, 1.82) is 0 Å². The molecular weight excluding hydrogens is 469 g/mol. The first-order chi connectivity index (χ1) is 12.6. The summed E-state index contributed by atoms with van der Waals surface area (Å²) in [5, 5.41) is 7.41. The summed E-state index contributed by atoms with van der Waals surface area (Å²) in [6, 6.07) is 1.22. The molecule has 1 aliphatic carbocycles. The fourth-order valence-electron chi connectivity index (χ4n) is 4.87. The molecule has 158 valence electrons. The van der Waals surface area contributed by atoms with E-state index < -0.39 is 0 Å². The second kappa shape index (κ2) is 11.5. The third-order valence-corrected chi connectivity index (χ3v) is 7.57. The molecule has 0 radical (unpaired) electrons. The van der Waals surface area contributed by atoms with Crippen LogP contribution in [0.25, 0.3) is 0 Å². The van der Waals surface area contributed by atoms with Gasteiger partial charge in [-0.3, -0.25) is 9.89 Å². The van der Waals surface area contributed by atoms with Crippen molar-refractivity contribution < 1.29 is 0 Å². The van der Waals surface area contributed by atoms with Crippen LogP contribution in [0.5, 0.6) is 0 Å². The average Bonchev–Trinajstić information content (AvgIpc) is 3.16. The zero-order valence-corrected chi connectivity index (χ0v) is 20.7. The number of likely N-dealkylation sites (tertiary alicyclic amines) is 1. The maximum absolute atomic E-state index is 4.53. The Hall–Kier alpha value is 0.270. The molecular formula is C20H40IN5S. The first-order valence-corrected chi connectivity index (χ1v) is 11.8. The maximum Gasteiger partial charge on any atom is 0.191 e. The van der Waals surface area contributed by atoms with E-state index in [0.29, 0.717) is 17.6 Å². The molecule has 0 bridgehead atoms. The monoisotopic (exact) mass is 509 g/mol. The maximum atomic E-state index is 4.53. The predicted octanol–water partition coefficient (Wildman–Crippen LogP) is 3.00. The van der Waals surface area contributed by atoms with Crippen LogP contribution in [-0.2, 0) is 0 Å². The number of rotatable bonds is 5. The molecule has 1 saturated carbocycles. The quantitative estimate of drug-likeness (QED) is 0.339. The van der Waals surface area contributed by atoms with E-state index in [0.717, 1.165) is 12.5 Å². The van der Waals surface area contributed by atoms with Gasteiger partial charge in [0.2, 0.25) is 0 Å². The van der Waals surface area contributed by atoms with Crippen LogP contribution in [0.1, 0.15) is 52.4 Å². The topological polar surface area (TPSA) is 42.9 Å². The molecule has 0 aromatic rings. The number of thioether (sulfide) groups is 1. The van der Waals surface area contributed by atoms with E-state index >= 15 is 0 Å². The van der Waals surface area contributed by atoms with E-state index in [-0.39, 0.29) is 24.0 Å². The first-order valence-electron chi connectivity index (χ1n) is 10.7. The second-order valence-corrected chi connectivity index (χ2v) is 9.73. The molecule has 0 spiro atoms. The van der Waals surface area contributed by atoms with Gasteiger partial charge in [0.1, 0.15) is 0 Å². The molecule has 2 N–H and O–H groups in total. The minimum absolute atomic E-state index is 0. The van der Waals surface area contributed by atoms with Gasteiger partial charge in [0.05, 0.1) is 0 Å². The summed E-state index contributed by atoms with van der Waals surface area (Å²) < 4.78 is 0. The van der Waals surface area contributed by atoms with E-state index in [2.05, 4.69) is 51.0 Å². The number of guanidine groups is 1. The number of aliphatic imine (C=N–C) groups is 1. The van der Waals surface area contributed by atoms with Crippen LogP contribution in [0.15, 0.2) is 4.99 Å². The average molecular weight is 510 g/mol. The van der Waals surface area contributed by atoms with Crippen molar-refractivity contribution in [3.8, 4) is 0 Å². The summed E-state index contributed by atoms with van der Waals surface area (Å²) in [6.07, 6.45) is 7.87. The van der Waals surface area contributed by atoms with E-state index in [1.807, 2.05) is 7.05 Å². The van der Waals surface area contributed by atoms with Crippen molar-refractivity contribution in [2.24, 2.45) is 4.99 Å². The molecule has 2 heterocycles. The van der Waals surface area contributed by atoms with E-state index in [1.54, 1.807) is 0 Å². The molecule has 0 amide bonds. The molecule has 2 saturated heterocycles. The zero-order chi connectivity index (χ0) is 18.4. The number of nitrogens with zero attached hydrogens (tertiary/aromatic N) is 3. The number of hydrogen-bond acceptors (Lipinski definition) is 4. The Labute approximate surface area is 187 Å². The Morgan fingerprint density at radius 3 is 2.30 bits per heavy atom. The minimum Gasteiger partial charge on any atom is -0.355 e. The first kappa shape index (κ1) is 23.5. The van der Waals surface area contributed by atoms with Gasteiger partial charge in [0.15, 0.2) is 5.96 Å². The molecule has 0 aromatic carbocycles. The molecule has 3 fully saturated rings. The van der Waals surface area contributed by atoms with Crippen LogP contribution in [0.2, 0.25) is 0 Å². The predicted molar refractivity (Wildman–Crippen MR) is 130 cm³/mol. The lowest BCUT2D eigenvalue weighted by Crippen LogP contribution is -2.58. The highest BCUT2D eigenvalue weighted by Gasteiger charge is 2.40. The molecule has 27 heavy (non-hydrogen) atoms. The van der Waals surface area contributed by atoms with Crippen molar-refractivity contribution in [3.63, 3.8) is 0 Å². The SMILES string of the molecule is CN=C(NCC1(N2CCSCC2)CCCC1)NC1CCN(C(C)C)CC1.I. The zero-order valence-electron chi connectivity index (χ0n) is 17.5. The number of nitrogens with one attached hydrogen (secondary N) is 2. The number of piperidine rings is 1. The molecule has 0 unspecified atom stereocenters. The van der Waals surface area contributed by atoms with Crippen LogP contribution in [0.4, 0.5) is 0 Å². The molecule has 7 heteroatoms. The number of hydrogen-bond donors (Lipinski definition) is 2. The van der Waals surface area contributed by atoms with Gasteiger partial charge in [-0.25, -0.2) is 0 Å². The van der Waals surface area contributed by atoms with Crippen molar-refractivity contribution >= 4 is 41.7 Å². The van der Waals surface area contributed by atoms with Crippen molar-refractivity contribution in [2.45, 2.75) is 70.0 Å². The Balaban J connectivity index is 0.00000261. The van der Waals surface area contributed by atoms with Gasteiger partial charge < -0.3 is 15.5 Å². The van der Waals surface area contributed by atoms with Gasteiger partial charge in [0.25, 0.3) is 0 Å². The lowest BCUT2D eigenvalue weighted by atomic mass is 9.94. The summed E-state index contributed by atoms with van der Waals surface area (Å²) in [7, 11) is 1.91. The fraction of sp³-hybridized carbons (Fsp3) is 0.950. The molecule has 5 nitrogen and oxygen atoms in total. The Morgan fingerprint density at radius 2 is 1.74 bits per heavy atom. The highest BCUT2D eigenvalue weighted by Crippen LogP contribution is 2.36. The third kappa shape index (κ3) is 6.37. The smallest absolute Gasteiger partial charge is 0.191 e. The largest absolute Gasteiger partial charge is 0.355 e. The standard InChI is InChI=1S/C20H39N5S.HI/c1-17(2)24-10-6-18(7-11-24)23-19(21-3)22-16-20(8-4-5-9-20)25-12-14-26-15-13-25;/h17-18H,4-16H2,1-3H3,(H2,21,22,23);1H. The van der Waals surface area contributed by atoms with Crippen LogP contribution < -0.4 is 10.6 Å². The van der Waals surface area contributed by atoms with Crippen LogP contribution in [-0.4, -0.2) is 84.7 Å². The van der Waals surface area contributed by atoms with Gasteiger partial charge in [-0.05, 0) is 39.5 Å². The van der Waals surface area contributed by atoms with Crippen LogP contribution in [0, 0.1) is 0 Å². The second-order valence-electron chi connectivity index (χ2n) is 8.50. The summed E-state index contributed by atoms with van der Waals surface area (Å²) in [5.74, 6) is 3.59. The van der Waals surface area contributed by atoms with Gasteiger partial charge in [-0.15, -0.1) is 24.0 Å². The normalized spacial score (nSPS) is 25.4. The summed E-state index contributed by atoms with van der Waals surface area (Å²) in [4.78, 5) is 9.89. The number of halogens is 1. The highest BCUT2D eigenvalue weighted by molar-refractivity contribution is 14.0. The lowest BCUT2D eigenvalue weighted by molar-refractivity contribution is 0.107. The van der Waals surface area contributed by atoms with Crippen molar-refractivity contribution in [2.75, 3.05) is 51.3 Å². The van der Waals surface area contributed by atoms with Crippen LogP contribution in [0.3, 0.4) is 0 Å². The third-order valence-electron chi connectivity index (χ3n) is 6.63. The highest BCUT2D eigenvalue weighted by atomic mass is 127. The molecule has 0 aromatic heterocycles. The van der Waals surface area contributed by atoms with Crippen molar-refractivity contribution in [1.82, 2.24) is 20.4 Å². The summed E-state index contributed by atoms with van der Waals surface area (Å²) in [6.45, 7) is 10.5. The molecule has 2 aliphatic heterocycles. The van der Waals surface area contributed by atoms with Crippen molar-refractivity contribution in [3.05, 3.63) is 0 Å². The molecule has 3 rings (SSSR count).